The third-order valence-electron chi connectivity index (χ3n) is 9.74. The molecule has 1 N–H and O–H groups in total. The van der Waals surface area contributed by atoms with Crippen LogP contribution in [0.1, 0.15) is 68.2 Å². The van der Waals surface area contributed by atoms with Crippen LogP contribution in [0.4, 0.5) is 13.2 Å². The van der Waals surface area contributed by atoms with Gasteiger partial charge in [0, 0.05) is 23.8 Å². The van der Waals surface area contributed by atoms with E-state index in [1.165, 1.54) is 23.3 Å². The van der Waals surface area contributed by atoms with Crippen molar-refractivity contribution in [1.29, 1.82) is 0 Å². The fourth-order valence-electron chi connectivity index (χ4n) is 7.38. The highest BCUT2D eigenvalue weighted by molar-refractivity contribution is 5.84. The van der Waals surface area contributed by atoms with Crippen LogP contribution in [0.2, 0.25) is 0 Å². The largest absolute Gasteiger partial charge is 0.497 e. The molecule has 1 aliphatic heterocycles. The molecule has 2 unspecified atom stereocenters. The van der Waals surface area contributed by atoms with Crippen molar-refractivity contribution in [1.82, 2.24) is 0 Å². The Labute approximate surface area is 238 Å². The fraction of sp³-hybridized carbons (Fsp3) is 0.441. The lowest BCUT2D eigenvalue weighted by molar-refractivity contribution is -0.137. The van der Waals surface area contributed by atoms with Crippen molar-refractivity contribution >= 4 is 5.78 Å². The number of ketones is 1. The lowest BCUT2D eigenvalue weighted by Crippen LogP contribution is -2.48. The zero-order valence-corrected chi connectivity index (χ0v) is 23.2. The second-order valence-electron chi connectivity index (χ2n) is 11.9. The fourth-order valence-corrected chi connectivity index (χ4v) is 7.38. The molecule has 5 atom stereocenters. The summed E-state index contributed by atoms with van der Waals surface area (Å²) in [6, 6.07) is 12.6. The molecule has 3 aliphatic carbocycles. The molecule has 2 saturated carbocycles. The second-order valence-corrected chi connectivity index (χ2v) is 11.9. The van der Waals surface area contributed by atoms with E-state index in [1.54, 1.807) is 7.11 Å². The molecule has 214 valence electrons. The van der Waals surface area contributed by atoms with Crippen LogP contribution in [-0.4, -0.2) is 30.2 Å². The van der Waals surface area contributed by atoms with Crippen molar-refractivity contribution in [3.8, 4) is 17.6 Å². The van der Waals surface area contributed by atoms with Crippen LogP contribution in [-0.2, 0) is 15.7 Å². The Morgan fingerprint density at radius 3 is 2.49 bits per heavy atom. The van der Waals surface area contributed by atoms with Gasteiger partial charge in [0.2, 0.25) is 0 Å². The molecular weight excluding hydrogens is 529 g/mol. The second kappa shape index (κ2) is 10.2. The van der Waals surface area contributed by atoms with E-state index in [0.29, 0.717) is 31.2 Å². The van der Waals surface area contributed by atoms with Crippen LogP contribution in [0.15, 0.2) is 71.3 Å². The third-order valence-corrected chi connectivity index (χ3v) is 9.74. The summed E-state index contributed by atoms with van der Waals surface area (Å²) in [6.45, 7) is 2.31. The van der Waals surface area contributed by atoms with Crippen LogP contribution in [0.5, 0.6) is 5.75 Å². The molecule has 6 rings (SSSR count). The Hall–Kier alpha value is -3.34. The van der Waals surface area contributed by atoms with Gasteiger partial charge in [-0.25, -0.2) is 0 Å². The number of methoxy groups -OCH3 is 1. The molecule has 0 bridgehead atoms. The number of aliphatic hydroxyl groups is 1. The van der Waals surface area contributed by atoms with Crippen LogP contribution in [0, 0.1) is 29.1 Å². The molecular formula is C34H33F3O4. The van der Waals surface area contributed by atoms with Crippen molar-refractivity contribution in [2.75, 3.05) is 13.7 Å². The molecule has 4 aliphatic rings. The number of hydrogen-bond donors (Lipinski definition) is 1. The topological polar surface area (TPSA) is 55.8 Å². The molecule has 7 heteroatoms. The zero-order chi connectivity index (χ0) is 29.0. The summed E-state index contributed by atoms with van der Waals surface area (Å²) in [5.41, 5.74) is 2.14. The van der Waals surface area contributed by atoms with E-state index in [0.717, 1.165) is 41.9 Å². The van der Waals surface area contributed by atoms with Crippen LogP contribution >= 0.6 is 0 Å². The number of benzene rings is 2. The van der Waals surface area contributed by atoms with Crippen LogP contribution in [0.3, 0.4) is 0 Å². The number of ether oxygens (including phenoxy) is 2. The van der Waals surface area contributed by atoms with Crippen LogP contribution in [0.25, 0.3) is 0 Å². The highest BCUT2D eigenvalue weighted by Crippen LogP contribution is 2.61. The van der Waals surface area contributed by atoms with Gasteiger partial charge in [0.1, 0.15) is 23.2 Å². The van der Waals surface area contributed by atoms with E-state index >= 15 is 0 Å². The Balaban J connectivity index is 1.39. The summed E-state index contributed by atoms with van der Waals surface area (Å²) in [7, 11) is 1.63. The average molecular weight is 563 g/mol. The van der Waals surface area contributed by atoms with Crippen molar-refractivity contribution < 1.29 is 32.5 Å². The van der Waals surface area contributed by atoms with Crippen molar-refractivity contribution in [3.05, 3.63) is 88.0 Å². The third kappa shape index (κ3) is 4.81. The quantitative estimate of drug-likeness (QED) is 0.402. The van der Waals surface area contributed by atoms with E-state index in [9.17, 15) is 23.1 Å². The first-order chi connectivity index (χ1) is 19.5. The van der Waals surface area contributed by atoms with Gasteiger partial charge in [0.15, 0.2) is 0 Å². The minimum atomic E-state index is -4.42. The van der Waals surface area contributed by atoms with Gasteiger partial charge in [-0.05, 0) is 96.2 Å². The van der Waals surface area contributed by atoms with Gasteiger partial charge in [-0.3, -0.25) is 4.79 Å². The standard InChI is InChI=1S/C34H33F3O4/c1-32-20-41-31(22-5-11-26(40-2)12-6-22)30-27-14-10-25(38)19-23(27)7-13-28(30)29(32)16-18-33(32,39)17-15-21-3-8-24(9-4-21)34(35,36)37/h3-9,11-12,28-29,31,39H,10,13-14,16,18-20H2,1-2H3/t28?,29?,31-,32+,33+/m1/s1. The van der Waals surface area contributed by atoms with Gasteiger partial charge in [-0.2, -0.15) is 13.2 Å². The SMILES string of the molecule is COc1ccc([C@H]2OC[C@@]3(C)C(CC[C@@]3(O)C#Cc3ccc(C(F)(F)F)cc3)C3CC=C4CC(=O)CCC4=C32)cc1. The van der Waals surface area contributed by atoms with Gasteiger partial charge in [-0.15, -0.1) is 0 Å². The Morgan fingerprint density at radius 2 is 1.80 bits per heavy atom. The number of halogens is 3. The summed E-state index contributed by atoms with van der Waals surface area (Å²) in [6.07, 6.45) is 1.09. The molecule has 0 aromatic heterocycles. The summed E-state index contributed by atoms with van der Waals surface area (Å²) in [5, 5.41) is 12.1. The Morgan fingerprint density at radius 1 is 1.07 bits per heavy atom. The molecule has 0 spiro atoms. The number of carbonyl (C=O) groups is 1. The normalized spacial score (nSPS) is 31.2. The molecule has 1 saturated heterocycles. The summed E-state index contributed by atoms with van der Waals surface area (Å²) >= 11 is 0. The molecule has 4 nitrogen and oxygen atoms in total. The molecule has 3 fully saturated rings. The molecule has 41 heavy (non-hydrogen) atoms. The number of hydrogen-bond acceptors (Lipinski definition) is 4. The van der Waals surface area contributed by atoms with Crippen molar-refractivity contribution in [2.24, 2.45) is 17.3 Å². The summed E-state index contributed by atoms with van der Waals surface area (Å²) in [4.78, 5) is 12.3. The van der Waals surface area contributed by atoms with Crippen LogP contribution < -0.4 is 4.74 Å². The molecule has 2 aromatic carbocycles. The average Bonchev–Trinajstić information content (AvgIpc) is 3.13. The van der Waals surface area contributed by atoms with E-state index in [-0.39, 0.29) is 30.3 Å². The summed E-state index contributed by atoms with van der Waals surface area (Å²) < 4.78 is 51.2. The summed E-state index contributed by atoms with van der Waals surface area (Å²) in [5.74, 6) is 7.24. The van der Waals surface area contributed by atoms with E-state index in [4.69, 9.17) is 9.47 Å². The number of allylic oxidation sites excluding steroid dienone is 3. The van der Waals surface area contributed by atoms with E-state index < -0.39 is 22.8 Å². The van der Waals surface area contributed by atoms with Gasteiger partial charge in [0.25, 0.3) is 0 Å². The number of Topliss-reactive ketones (excluding diaryl/α,β-unsaturated/α-hetero) is 1. The van der Waals surface area contributed by atoms with Gasteiger partial charge < -0.3 is 14.6 Å². The number of alkyl halides is 3. The first kappa shape index (κ1) is 27.8. The Bertz CT molecular complexity index is 1480. The number of fused-ring (bicyclic) bond motifs is 4. The van der Waals surface area contributed by atoms with Crippen molar-refractivity contribution in [3.63, 3.8) is 0 Å². The minimum Gasteiger partial charge on any atom is -0.497 e. The zero-order valence-electron chi connectivity index (χ0n) is 23.2. The lowest BCUT2D eigenvalue weighted by atomic mass is 9.62. The Kier molecular flexibility index (Phi) is 6.91. The first-order valence-corrected chi connectivity index (χ1v) is 14.1. The molecule has 1 heterocycles. The first-order valence-electron chi connectivity index (χ1n) is 14.1. The van der Waals surface area contributed by atoms with E-state index in [2.05, 4.69) is 17.9 Å². The molecule has 2 aromatic rings. The molecule has 0 amide bonds. The maximum atomic E-state index is 13.0. The minimum absolute atomic E-state index is 0.0792. The number of carbonyl (C=O) groups excluding carboxylic acids is 1. The van der Waals surface area contributed by atoms with Gasteiger partial charge >= 0.3 is 6.18 Å². The molecule has 0 radical (unpaired) electrons. The highest BCUT2D eigenvalue weighted by atomic mass is 19.4. The smallest absolute Gasteiger partial charge is 0.416 e. The van der Waals surface area contributed by atoms with Gasteiger partial charge in [0.05, 0.1) is 19.3 Å². The monoisotopic (exact) mass is 562 g/mol. The van der Waals surface area contributed by atoms with Gasteiger partial charge in [-0.1, -0.05) is 37.0 Å². The highest BCUT2D eigenvalue weighted by Gasteiger charge is 2.61. The maximum absolute atomic E-state index is 13.0. The predicted molar refractivity (Wildman–Crippen MR) is 148 cm³/mol. The van der Waals surface area contributed by atoms with E-state index in [1.807, 2.05) is 31.2 Å². The number of rotatable bonds is 2. The maximum Gasteiger partial charge on any atom is 0.416 e. The van der Waals surface area contributed by atoms with Crippen molar-refractivity contribution in [2.45, 2.75) is 63.3 Å². The predicted octanol–water partition coefficient (Wildman–Crippen LogP) is 6.98. The lowest BCUT2D eigenvalue weighted by Gasteiger charge is -2.42.